The van der Waals surface area contributed by atoms with E-state index in [1.807, 2.05) is 0 Å². The van der Waals surface area contributed by atoms with E-state index in [1.165, 1.54) is 0 Å². The van der Waals surface area contributed by atoms with Gasteiger partial charge < -0.3 is 11.1 Å². The van der Waals surface area contributed by atoms with Crippen LogP contribution >= 0.6 is 0 Å². The topological polar surface area (TPSA) is 90.0 Å². The van der Waals surface area contributed by atoms with Crippen LogP contribution in [0.25, 0.3) is 0 Å². The lowest BCUT2D eigenvalue weighted by Gasteiger charge is -2.10. The number of nitrogens with zero attached hydrogens (tertiary/aromatic N) is 2. The molecule has 0 aliphatic carbocycles. The summed E-state index contributed by atoms with van der Waals surface area (Å²) in [5, 5.41) is 6.67. The van der Waals surface area contributed by atoms with Crippen LogP contribution in [0.1, 0.15) is 18.0 Å². The maximum absolute atomic E-state index is 11.6. The lowest BCUT2D eigenvalue weighted by molar-refractivity contribution is -0.122. The van der Waals surface area contributed by atoms with Gasteiger partial charge in [0, 0.05) is 48.2 Å². The number of hydrogen-bond acceptors (Lipinski definition) is 4. The minimum Gasteiger partial charge on any atom is -0.354 e. The smallest absolute Gasteiger partial charge is 0.241 e. The molecule has 0 aliphatic rings. The number of aryl methyl sites for hydroxylation is 1. The van der Waals surface area contributed by atoms with Crippen molar-refractivity contribution in [3.8, 4) is 0 Å². The summed E-state index contributed by atoms with van der Waals surface area (Å²) in [5.74, 6) is 0.350. The Hall–Kier alpha value is -1.21. The highest BCUT2D eigenvalue weighted by Crippen LogP contribution is 2.07. The van der Waals surface area contributed by atoms with Crippen molar-refractivity contribution in [2.75, 3.05) is 18.6 Å². The van der Waals surface area contributed by atoms with Crippen molar-refractivity contribution >= 4 is 16.7 Å². The van der Waals surface area contributed by atoms with Crippen LogP contribution in [-0.4, -0.2) is 38.4 Å². The molecule has 0 aromatic carbocycles. The minimum absolute atomic E-state index is 0.236. The van der Waals surface area contributed by atoms with Crippen LogP contribution in [0.4, 0.5) is 0 Å². The fraction of sp³-hybridized carbons (Fsp3) is 0.600. The molecule has 0 fully saturated rings. The quantitative estimate of drug-likeness (QED) is 0.661. The van der Waals surface area contributed by atoms with E-state index in [1.54, 1.807) is 30.4 Å². The molecule has 7 heteroatoms. The van der Waals surface area contributed by atoms with Gasteiger partial charge in [0.1, 0.15) is 6.04 Å². The van der Waals surface area contributed by atoms with E-state index < -0.39 is 16.8 Å². The van der Waals surface area contributed by atoms with E-state index in [9.17, 15) is 9.00 Å². The van der Waals surface area contributed by atoms with Crippen molar-refractivity contribution in [3.05, 3.63) is 18.0 Å². The van der Waals surface area contributed by atoms with Crippen molar-refractivity contribution in [1.82, 2.24) is 15.1 Å². The fourth-order valence-corrected chi connectivity index (χ4v) is 1.90. The Kier molecular flexibility index (Phi) is 5.30. The number of carbonyl (C=O) groups excluding carboxylic acids is 1. The average Bonchev–Trinajstić information content (AvgIpc) is 2.69. The zero-order valence-corrected chi connectivity index (χ0v) is 10.9. The molecule has 0 radical (unpaired) electrons. The molecule has 2 atom stereocenters. The fourth-order valence-electron chi connectivity index (χ4n) is 1.35. The van der Waals surface area contributed by atoms with Crippen LogP contribution in [0.3, 0.4) is 0 Å². The molecular weight excluding hydrogens is 240 g/mol. The molecule has 3 N–H and O–H groups in total. The Morgan fingerprint density at radius 3 is 2.94 bits per heavy atom. The molecule has 1 rings (SSSR count). The van der Waals surface area contributed by atoms with Crippen LogP contribution in [0.2, 0.25) is 0 Å². The summed E-state index contributed by atoms with van der Waals surface area (Å²) in [5.41, 5.74) is 6.45. The molecule has 2 unspecified atom stereocenters. The largest absolute Gasteiger partial charge is 0.354 e. The molecule has 1 aromatic heterocycles. The first-order valence-electron chi connectivity index (χ1n) is 5.32. The van der Waals surface area contributed by atoms with Gasteiger partial charge in [-0.3, -0.25) is 13.7 Å². The lowest BCUT2D eigenvalue weighted by atomic mass is 10.1. The molecule has 0 saturated carbocycles. The third kappa shape index (κ3) is 4.66. The second kappa shape index (κ2) is 6.51. The van der Waals surface area contributed by atoms with Gasteiger partial charge in [-0.2, -0.15) is 5.10 Å². The highest BCUT2D eigenvalue weighted by atomic mass is 32.2. The number of hydrogen-bond donors (Lipinski definition) is 2. The van der Waals surface area contributed by atoms with Gasteiger partial charge in [-0.1, -0.05) is 0 Å². The van der Waals surface area contributed by atoms with Gasteiger partial charge in [0.2, 0.25) is 5.91 Å². The summed E-state index contributed by atoms with van der Waals surface area (Å²) in [6, 6.07) is -0.698. The SMILES string of the molecule is Cn1cc(C(N)C(=O)NCCCS(C)=O)cn1. The van der Waals surface area contributed by atoms with Gasteiger partial charge in [0.25, 0.3) is 0 Å². The van der Waals surface area contributed by atoms with Crippen molar-refractivity contribution in [2.24, 2.45) is 12.8 Å². The van der Waals surface area contributed by atoms with E-state index in [2.05, 4.69) is 10.4 Å². The molecule has 0 aliphatic heterocycles. The second-order valence-electron chi connectivity index (χ2n) is 3.85. The van der Waals surface area contributed by atoms with Crippen LogP contribution in [0.5, 0.6) is 0 Å². The van der Waals surface area contributed by atoms with Gasteiger partial charge in [-0.15, -0.1) is 0 Å². The number of aromatic nitrogens is 2. The van der Waals surface area contributed by atoms with Crippen LogP contribution in [0.15, 0.2) is 12.4 Å². The summed E-state index contributed by atoms with van der Waals surface area (Å²) in [6.07, 6.45) is 5.62. The molecule has 0 saturated heterocycles. The van der Waals surface area contributed by atoms with Gasteiger partial charge >= 0.3 is 0 Å². The Balaban J connectivity index is 2.35. The summed E-state index contributed by atoms with van der Waals surface area (Å²) in [4.78, 5) is 11.6. The first-order valence-corrected chi connectivity index (χ1v) is 7.05. The number of nitrogens with one attached hydrogen (secondary N) is 1. The zero-order valence-electron chi connectivity index (χ0n) is 10.0. The van der Waals surface area contributed by atoms with Gasteiger partial charge in [0.15, 0.2) is 0 Å². The average molecular weight is 258 g/mol. The number of amides is 1. The molecule has 1 amide bonds. The molecule has 1 heterocycles. The summed E-state index contributed by atoms with van der Waals surface area (Å²) in [6.45, 7) is 0.492. The monoisotopic (exact) mass is 258 g/mol. The van der Waals surface area contributed by atoms with Crippen molar-refractivity contribution in [3.63, 3.8) is 0 Å². The predicted molar refractivity (Wildman–Crippen MR) is 66.7 cm³/mol. The Labute approximate surface area is 103 Å². The van der Waals surface area contributed by atoms with E-state index in [0.29, 0.717) is 24.3 Å². The number of carbonyl (C=O) groups is 1. The van der Waals surface area contributed by atoms with Gasteiger partial charge in [-0.05, 0) is 6.42 Å². The molecule has 6 nitrogen and oxygen atoms in total. The third-order valence-corrected chi connectivity index (χ3v) is 3.14. The Morgan fingerprint density at radius 1 is 1.71 bits per heavy atom. The van der Waals surface area contributed by atoms with Crippen molar-refractivity contribution in [1.29, 1.82) is 0 Å². The standard InChI is InChI=1S/C10H18N4O2S/c1-14-7-8(6-13-14)9(11)10(15)12-4-3-5-17(2)16/h6-7,9H,3-5,11H2,1-2H3,(H,12,15). The van der Waals surface area contributed by atoms with E-state index >= 15 is 0 Å². The van der Waals surface area contributed by atoms with Crippen LogP contribution in [0, 0.1) is 0 Å². The Morgan fingerprint density at radius 2 is 2.41 bits per heavy atom. The summed E-state index contributed by atoms with van der Waals surface area (Å²) < 4.78 is 12.4. The van der Waals surface area contributed by atoms with E-state index in [0.717, 1.165) is 0 Å². The second-order valence-corrected chi connectivity index (χ2v) is 5.40. The molecular formula is C10H18N4O2S. The predicted octanol–water partition coefficient (Wildman–Crippen LogP) is -0.695. The van der Waals surface area contributed by atoms with E-state index in [-0.39, 0.29) is 5.91 Å². The third-order valence-electron chi connectivity index (χ3n) is 2.27. The maximum atomic E-state index is 11.6. The first kappa shape index (κ1) is 13.9. The molecule has 0 bridgehead atoms. The zero-order chi connectivity index (χ0) is 12.8. The highest BCUT2D eigenvalue weighted by Gasteiger charge is 2.16. The lowest BCUT2D eigenvalue weighted by Crippen LogP contribution is -2.34. The van der Waals surface area contributed by atoms with E-state index in [4.69, 9.17) is 5.73 Å². The maximum Gasteiger partial charge on any atom is 0.241 e. The molecule has 1 aromatic rings. The highest BCUT2D eigenvalue weighted by molar-refractivity contribution is 7.84. The summed E-state index contributed by atoms with van der Waals surface area (Å²) in [7, 11) is 0.949. The van der Waals surface area contributed by atoms with Crippen LogP contribution < -0.4 is 11.1 Å². The van der Waals surface area contributed by atoms with Crippen molar-refractivity contribution < 1.29 is 9.00 Å². The van der Waals surface area contributed by atoms with Gasteiger partial charge in [0.05, 0.1) is 6.20 Å². The molecule has 96 valence electrons. The Bertz CT molecular complexity index is 405. The minimum atomic E-state index is -0.820. The van der Waals surface area contributed by atoms with Crippen LogP contribution in [-0.2, 0) is 22.6 Å². The first-order chi connectivity index (χ1) is 8.00. The van der Waals surface area contributed by atoms with Gasteiger partial charge in [-0.25, -0.2) is 0 Å². The summed E-state index contributed by atoms with van der Waals surface area (Å²) >= 11 is 0. The normalized spacial score (nSPS) is 14.3. The molecule has 17 heavy (non-hydrogen) atoms. The molecule has 0 spiro atoms. The number of nitrogens with two attached hydrogens (primary N) is 1. The number of rotatable bonds is 6. The van der Waals surface area contributed by atoms with Crippen molar-refractivity contribution in [2.45, 2.75) is 12.5 Å².